The van der Waals surface area contributed by atoms with E-state index < -0.39 is 10.2 Å². The van der Waals surface area contributed by atoms with E-state index in [1.807, 2.05) is 12.1 Å². The highest BCUT2D eigenvalue weighted by Gasteiger charge is 2.24. The highest BCUT2D eigenvalue weighted by molar-refractivity contribution is 7.87. The van der Waals surface area contributed by atoms with Gasteiger partial charge in [-0.05, 0) is 11.6 Å². The number of nitrogens with zero attached hydrogens (tertiary/aromatic N) is 2. The fourth-order valence-electron chi connectivity index (χ4n) is 2.35. The number of ether oxygens (including phenoxy) is 1. The predicted molar refractivity (Wildman–Crippen MR) is 80.0 cm³/mol. The first-order chi connectivity index (χ1) is 10.1. The van der Waals surface area contributed by atoms with Gasteiger partial charge in [-0.1, -0.05) is 13.0 Å². The van der Waals surface area contributed by atoms with E-state index in [9.17, 15) is 8.42 Å². The van der Waals surface area contributed by atoms with Crippen LogP contribution >= 0.6 is 0 Å². The molecule has 1 atom stereocenters. The zero-order chi connectivity index (χ0) is 15.1. The minimum absolute atomic E-state index is 0.0453. The molecule has 8 heteroatoms. The molecule has 21 heavy (non-hydrogen) atoms. The summed E-state index contributed by atoms with van der Waals surface area (Å²) in [4.78, 5) is 6.35. The van der Waals surface area contributed by atoms with E-state index in [4.69, 9.17) is 4.74 Å². The van der Waals surface area contributed by atoms with E-state index in [0.29, 0.717) is 26.3 Å². The van der Waals surface area contributed by atoms with Crippen LogP contribution in [0.3, 0.4) is 0 Å². The zero-order valence-electron chi connectivity index (χ0n) is 12.2. The minimum Gasteiger partial charge on any atom is -0.379 e. The summed E-state index contributed by atoms with van der Waals surface area (Å²) in [6, 6.07) is 3.78. The van der Waals surface area contributed by atoms with Crippen LogP contribution in [0.15, 0.2) is 24.5 Å². The number of hydrogen-bond acceptors (Lipinski definition) is 5. The third-order valence-corrected chi connectivity index (χ3v) is 4.57. The highest BCUT2D eigenvalue weighted by Crippen LogP contribution is 2.20. The molecule has 0 aliphatic carbocycles. The SMILES string of the molecule is CCNS(=O)(=O)NCC(c1cccnc1)N1CCOCC1. The van der Waals surface area contributed by atoms with Crippen LogP contribution in [0.5, 0.6) is 0 Å². The van der Waals surface area contributed by atoms with Crippen molar-refractivity contribution in [2.45, 2.75) is 13.0 Å². The Kier molecular flexibility index (Phi) is 6.07. The lowest BCUT2D eigenvalue weighted by Crippen LogP contribution is -2.46. The van der Waals surface area contributed by atoms with Crippen molar-refractivity contribution in [3.63, 3.8) is 0 Å². The molecule has 1 aliphatic heterocycles. The van der Waals surface area contributed by atoms with Gasteiger partial charge in [-0.15, -0.1) is 0 Å². The van der Waals surface area contributed by atoms with Gasteiger partial charge < -0.3 is 4.74 Å². The van der Waals surface area contributed by atoms with E-state index in [1.165, 1.54) is 0 Å². The fraction of sp³-hybridized carbons (Fsp3) is 0.615. The Hall–Kier alpha value is -1.06. The van der Waals surface area contributed by atoms with Gasteiger partial charge in [-0.2, -0.15) is 8.42 Å². The van der Waals surface area contributed by atoms with Crippen LogP contribution in [-0.2, 0) is 14.9 Å². The second-order valence-electron chi connectivity index (χ2n) is 4.80. The summed E-state index contributed by atoms with van der Waals surface area (Å²) in [7, 11) is -3.45. The van der Waals surface area contributed by atoms with Crippen molar-refractivity contribution in [1.29, 1.82) is 0 Å². The number of pyridine rings is 1. The Balaban J connectivity index is 2.09. The summed E-state index contributed by atoms with van der Waals surface area (Å²) >= 11 is 0. The molecule has 2 heterocycles. The molecule has 118 valence electrons. The maximum atomic E-state index is 11.8. The van der Waals surface area contributed by atoms with Crippen molar-refractivity contribution < 1.29 is 13.2 Å². The van der Waals surface area contributed by atoms with Crippen molar-refractivity contribution in [2.75, 3.05) is 39.4 Å². The van der Waals surface area contributed by atoms with Crippen LogP contribution in [0.25, 0.3) is 0 Å². The van der Waals surface area contributed by atoms with E-state index in [2.05, 4.69) is 19.3 Å². The van der Waals surface area contributed by atoms with E-state index in [0.717, 1.165) is 18.7 Å². The molecule has 2 rings (SSSR count). The molecule has 1 saturated heterocycles. The van der Waals surface area contributed by atoms with Gasteiger partial charge in [0.05, 0.1) is 19.3 Å². The van der Waals surface area contributed by atoms with E-state index in [-0.39, 0.29) is 6.04 Å². The van der Waals surface area contributed by atoms with E-state index >= 15 is 0 Å². The Labute approximate surface area is 125 Å². The van der Waals surface area contributed by atoms with E-state index in [1.54, 1.807) is 19.3 Å². The summed E-state index contributed by atoms with van der Waals surface area (Å²) in [5.41, 5.74) is 0.999. The average Bonchev–Trinajstić information content (AvgIpc) is 2.49. The topological polar surface area (TPSA) is 83.6 Å². The van der Waals surface area contributed by atoms with Crippen LogP contribution in [0, 0.1) is 0 Å². The molecular weight excluding hydrogens is 292 g/mol. The third-order valence-electron chi connectivity index (χ3n) is 3.36. The fourth-order valence-corrected chi connectivity index (χ4v) is 3.21. The first kappa shape index (κ1) is 16.3. The molecule has 2 N–H and O–H groups in total. The third kappa shape index (κ3) is 5.01. The molecule has 7 nitrogen and oxygen atoms in total. The number of aromatic nitrogens is 1. The number of rotatable bonds is 7. The van der Waals surface area contributed by atoms with Gasteiger partial charge in [0.2, 0.25) is 0 Å². The van der Waals surface area contributed by atoms with Crippen LogP contribution in [0.2, 0.25) is 0 Å². The summed E-state index contributed by atoms with van der Waals surface area (Å²) < 4.78 is 33.9. The molecule has 1 aromatic rings. The van der Waals surface area contributed by atoms with Crippen LogP contribution in [0.1, 0.15) is 18.5 Å². The second kappa shape index (κ2) is 7.81. The quantitative estimate of drug-likeness (QED) is 0.734. The molecule has 0 radical (unpaired) electrons. The van der Waals surface area contributed by atoms with Gasteiger partial charge in [0.25, 0.3) is 10.2 Å². The molecule has 1 aliphatic rings. The standard InChI is InChI=1S/C13H22N4O3S/c1-2-15-21(18,19)16-11-13(12-4-3-5-14-10-12)17-6-8-20-9-7-17/h3-5,10,13,15-16H,2,6-9,11H2,1H3. The summed E-state index contributed by atoms with van der Waals surface area (Å²) in [5.74, 6) is 0. The van der Waals surface area contributed by atoms with Gasteiger partial charge >= 0.3 is 0 Å². The largest absolute Gasteiger partial charge is 0.379 e. The second-order valence-corrected chi connectivity index (χ2v) is 6.38. The lowest BCUT2D eigenvalue weighted by atomic mass is 10.1. The van der Waals surface area contributed by atoms with Crippen LogP contribution < -0.4 is 9.44 Å². The molecule has 0 amide bonds. The Morgan fingerprint density at radius 3 is 2.76 bits per heavy atom. The molecule has 0 spiro atoms. The smallest absolute Gasteiger partial charge is 0.276 e. The summed E-state index contributed by atoms with van der Waals surface area (Å²) in [5, 5.41) is 0. The molecule has 0 saturated carbocycles. The number of hydrogen-bond donors (Lipinski definition) is 2. The number of nitrogens with one attached hydrogen (secondary N) is 2. The average molecular weight is 314 g/mol. The van der Waals surface area contributed by atoms with Gasteiger partial charge in [0, 0.05) is 38.6 Å². The highest BCUT2D eigenvalue weighted by atomic mass is 32.2. The van der Waals surface area contributed by atoms with Gasteiger partial charge in [0.1, 0.15) is 0 Å². The first-order valence-electron chi connectivity index (χ1n) is 7.08. The molecule has 0 bridgehead atoms. The minimum atomic E-state index is -3.45. The van der Waals surface area contributed by atoms with Crippen molar-refractivity contribution in [3.8, 4) is 0 Å². The molecule has 1 unspecified atom stereocenters. The molecule has 0 aromatic carbocycles. The first-order valence-corrected chi connectivity index (χ1v) is 8.56. The van der Waals surface area contributed by atoms with Crippen molar-refractivity contribution in [3.05, 3.63) is 30.1 Å². The van der Waals surface area contributed by atoms with Crippen LogP contribution in [-0.4, -0.2) is 57.7 Å². The van der Waals surface area contributed by atoms with Gasteiger partial charge in [0.15, 0.2) is 0 Å². The van der Waals surface area contributed by atoms with Crippen molar-refractivity contribution >= 4 is 10.2 Å². The molecular formula is C13H22N4O3S. The Bertz CT molecular complexity index is 517. The lowest BCUT2D eigenvalue weighted by Gasteiger charge is -2.34. The maximum absolute atomic E-state index is 11.8. The summed E-state index contributed by atoms with van der Waals surface area (Å²) in [6.45, 7) is 5.31. The zero-order valence-corrected chi connectivity index (χ0v) is 13.0. The predicted octanol–water partition coefficient (Wildman–Crippen LogP) is -0.101. The number of morpholine rings is 1. The lowest BCUT2D eigenvalue weighted by molar-refractivity contribution is 0.0171. The summed E-state index contributed by atoms with van der Waals surface area (Å²) in [6.07, 6.45) is 3.49. The van der Waals surface area contributed by atoms with Gasteiger partial charge in [-0.3, -0.25) is 9.88 Å². The molecule has 1 aromatic heterocycles. The maximum Gasteiger partial charge on any atom is 0.276 e. The van der Waals surface area contributed by atoms with Crippen LogP contribution in [0.4, 0.5) is 0 Å². The molecule has 1 fully saturated rings. The Morgan fingerprint density at radius 2 is 2.14 bits per heavy atom. The Morgan fingerprint density at radius 1 is 1.38 bits per heavy atom. The monoisotopic (exact) mass is 314 g/mol. The van der Waals surface area contributed by atoms with Crippen molar-refractivity contribution in [1.82, 2.24) is 19.3 Å². The van der Waals surface area contributed by atoms with Gasteiger partial charge in [-0.25, -0.2) is 9.44 Å². The normalized spacial score (nSPS) is 18.5. The van der Waals surface area contributed by atoms with Crippen molar-refractivity contribution in [2.24, 2.45) is 0 Å².